The van der Waals surface area contributed by atoms with Gasteiger partial charge in [-0.3, -0.25) is 0 Å². The van der Waals surface area contributed by atoms with Crippen LogP contribution in [-0.2, 0) is 32.6 Å². The number of alkyl halides is 3. The predicted molar refractivity (Wildman–Crippen MR) is 149 cm³/mol. The van der Waals surface area contributed by atoms with E-state index in [1.54, 1.807) is 30.3 Å². The van der Waals surface area contributed by atoms with E-state index in [1.807, 2.05) is 59.2 Å². The zero-order chi connectivity index (χ0) is 29.0. The summed E-state index contributed by atoms with van der Waals surface area (Å²) in [6.07, 6.45) is -5.39. The van der Waals surface area contributed by atoms with Gasteiger partial charge in [0, 0.05) is 12.1 Å². The molecule has 41 heavy (non-hydrogen) atoms. The van der Waals surface area contributed by atoms with Gasteiger partial charge in [-0.05, 0) is 53.9 Å². The Kier molecular flexibility index (Phi) is 7.80. The van der Waals surface area contributed by atoms with Gasteiger partial charge in [-0.1, -0.05) is 77.3 Å². The van der Waals surface area contributed by atoms with E-state index in [4.69, 9.17) is 4.98 Å². The van der Waals surface area contributed by atoms with Crippen LogP contribution in [0.4, 0.5) is 18.9 Å². The van der Waals surface area contributed by atoms with Crippen LogP contribution in [0.2, 0.25) is 0 Å². The number of nitrogens with zero attached hydrogens (tertiary/aromatic N) is 3. The van der Waals surface area contributed by atoms with Gasteiger partial charge in [0.15, 0.2) is 0 Å². The first-order valence-electron chi connectivity index (χ1n) is 12.6. The first-order valence-corrected chi connectivity index (χ1v) is 14.2. The lowest BCUT2D eigenvalue weighted by Crippen LogP contribution is -2.40. The standard InChI is InChI=1S/C30H24F3N3O4S/c31-30(32,33)29(37)40-36(41(38,39)20-19-22-9-3-1-4-10-22)25-17-15-24(16-18-25)28-34-26-13-7-8-14-27(26)35(28)21-23-11-5-2-6-12-23/h1-18H,19-21H2. The maximum atomic E-state index is 13.2. The van der Waals surface area contributed by atoms with Crippen molar-refractivity contribution < 1.29 is 31.2 Å². The summed E-state index contributed by atoms with van der Waals surface area (Å²) in [4.78, 5) is 20.9. The van der Waals surface area contributed by atoms with Crippen LogP contribution in [-0.4, -0.2) is 35.9 Å². The van der Waals surface area contributed by atoms with Gasteiger partial charge in [0.25, 0.3) is 10.0 Å². The summed E-state index contributed by atoms with van der Waals surface area (Å²) < 4.78 is 67.6. The Morgan fingerprint density at radius 2 is 1.39 bits per heavy atom. The smallest absolute Gasteiger partial charge is 0.319 e. The van der Waals surface area contributed by atoms with Crippen molar-refractivity contribution in [2.75, 3.05) is 10.2 Å². The molecular formula is C30H24F3N3O4S. The summed E-state index contributed by atoms with van der Waals surface area (Å²) in [6, 6.07) is 31.5. The van der Waals surface area contributed by atoms with Crippen molar-refractivity contribution in [1.82, 2.24) is 9.55 Å². The summed E-state index contributed by atoms with van der Waals surface area (Å²) >= 11 is 0. The number of aryl methyl sites for hydroxylation is 1. The number of carbonyl (C=O) groups excluding carboxylic acids is 1. The second kappa shape index (κ2) is 11.5. The monoisotopic (exact) mass is 579 g/mol. The molecule has 1 heterocycles. The quantitative estimate of drug-likeness (QED) is 0.196. The molecule has 0 aliphatic heterocycles. The highest BCUT2D eigenvalue weighted by Crippen LogP contribution is 2.30. The molecule has 210 valence electrons. The largest absolute Gasteiger partial charge is 0.493 e. The SMILES string of the molecule is O=C(ON(c1ccc(-c2nc3ccccc3n2Cc2ccccc2)cc1)S(=O)(=O)CCc1ccccc1)C(F)(F)F. The summed E-state index contributed by atoms with van der Waals surface area (Å²) in [5.74, 6) is -2.65. The average Bonchev–Trinajstić information content (AvgIpc) is 3.33. The number of carbonyl (C=O) groups is 1. The number of sulfonamides is 1. The van der Waals surface area contributed by atoms with Gasteiger partial charge in [0.1, 0.15) is 5.82 Å². The molecule has 1 aromatic heterocycles. The van der Waals surface area contributed by atoms with Crippen molar-refractivity contribution in [2.24, 2.45) is 0 Å². The number of imidazole rings is 1. The maximum absolute atomic E-state index is 13.2. The lowest BCUT2D eigenvalue weighted by molar-refractivity contribution is -0.199. The Morgan fingerprint density at radius 1 is 0.805 bits per heavy atom. The Labute approximate surface area is 234 Å². The maximum Gasteiger partial charge on any atom is 0.493 e. The second-order valence-corrected chi connectivity index (χ2v) is 11.1. The number of anilines is 1. The molecule has 7 nitrogen and oxygen atoms in total. The van der Waals surface area contributed by atoms with Crippen molar-refractivity contribution >= 4 is 32.7 Å². The zero-order valence-corrected chi connectivity index (χ0v) is 22.3. The molecule has 0 amide bonds. The van der Waals surface area contributed by atoms with Crippen LogP contribution in [0.1, 0.15) is 11.1 Å². The molecule has 0 radical (unpaired) electrons. The van der Waals surface area contributed by atoms with Crippen LogP contribution in [0.5, 0.6) is 0 Å². The first-order chi connectivity index (χ1) is 19.6. The van der Waals surface area contributed by atoms with Crippen LogP contribution in [0.25, 0.3) is 22.4 Å². The van der Waals surface area contributed by atoms with E-state index in [1.165, 1.54) is 24.3 Å². The Hall–Kier alpha value is -4.64. The molecule has 0 unspecified atom stereocenters. The highest BCUT2D eigenvalue weighted by atomic mass is 32.2. The number of hydrogen-bond acceptors (Lipinski definition) is 5. The summed E-state index contributed by atoms with van der Waals surface area (Å²) in [7, 11) is -4.51. The predicted octanol–water partition coefficient (Wildman–Crippen LogP) is 6.15. The summed E-state index contributed by atoms with van der Waals surface area (Å²) in [6.45, 7) is 0.502. The molecular weight excluding hydrogens is 555 g/mol. The van der Waals surface area contributed by atoms with Gasteiger partial charge in [-0.2, -0.15) is 13.2 Å². The van der Waals surface area contributed by atoms with Crippen molar-refractivity contribution in [2.45, 2.75) is 19.1 Å². The van der Waals surface area contributed by atoms with Gasteiger partial charge < -0.3 is 9.40 Å². The van der Waals surface area contributed by atoms with Crippen molar-refractivity contribution in [3.8, 4) is 11.4 Å². The third-order valence-corrected chi connectivity index (χ3v) is 7.83. The van der Waals surface area contributed by atoms with Crippen LogP contribution < -0.4 is 4.47 Å². The number of aromatic nitrogens is 2. The van der Waals surface area contributed by atoms with Crippen LogP contribution in [0.3, 0.4) is 0 Å². The van der Waals surface area contributed by atoms with Crippen LogP contribution >= 0.6 is 0 Å². The van der Waals surface area contributed by atoms with E-state index in [9.17, 15) is 26.4 Å². The molecule has 0 spiro atoms. The van der Waals surface area contributed by atoms with E-state index in [2.05, 4.69) is 4.84 Å². The molecule has 0 aliphatic carbocycles. The lowest BCUT2D eigenvalue weighted by Gasteiger charge is -2.23. The molecule has 5 aromatic rings. The topological polar surface area (TPSA) is 81.5 Å². The van der Waals surface area contributed by atoms with Gasteiger partial charge in [0.05, 0.1) is 22.5 Å². The molecule has 0 fully saturated rings. The second-order valence-electron chi connectivity index (χ2n) is 9.20. The fourth-order valence-corrected chi connectivity index (χ4v) is 5.61. The normalized spacial score (nSPS) is 11.9. The molecule has 0 bridgehead atoms. The van der Waals surface area contributed by atoms with E-state index in [0.717, 1.165) is 16.6 Å². The fraction of sp³-hybridized carbons (Fsp3) is 0.133. The van der Waals surface area contributed by atoms with E-state index in [0.29, 0.717) is 23.5 Å². The fourth-order valence-electron chi connectivity index (χ4n) is 4.33. The van der Waals surface area contributed by atoms with Crippen molar-refractivity contribution in [3.63, 3.8) is 0 Å². The van der Waals surface area contributed by atoms with Crippen molar-refractivity contribution in [3.05, 3.63) is 120 Å². The number of benzene rings is 4. The molecule has 0 atom stereocenters. The zero-order valence-electron chi connectivity index (χ0n) is 21.5. The summed E-state index contributed by atoms with van der Waals surface area (Å²) in [5.41, 5.74) is 3.63. The third kappa shape index (κ3) is 6.41. The number of hydrogen-bond donors (Lipinski definition) is 0. The minimum atomic E-state index is -5.39. The number of rotatable bonds is 9. The van der Waals surface area contributed by atoms with Crippen LogP contribution in [0, 0.1) is 0 Å². The first kappa shape index (κ1) is 27.9. The van der Waals surface area contributed by atoms with E-state index >= 15 is 0 Å². The van der Waals surface area contributed by atoms with E-state index in [-0.39, 0.29) is 16.6 Å². The third-order valence-electron chi connectivity index (χ3n) is 6.32. The Balaban J connectivity index is 1.49. The number of fused-ring (bicyclic) bond motifs is 1. The van der Waals surface area contributed by atoms with Gasteiger partial charge in [-0.15, -0.1) is 0 Å². The average molecular weight is 580 g/mol. The Bertz CT molecular complexity index is 1760. The number of para-hydroxylation sites is 2. The van der Waals surface area contributed by atoms with Crippen molar-refractivity contribution in [1.29, 1.82) is 0 Å². The highest BCUT2D eigenvalue weighted by Gasteiger charge is 2.44. The molecule has 11 heteroatoms. The molecule has 0 aliphatic rings. The number of halogens is 3. The van der Waals surface area contributed by atoms with Gasteiger partial charge >= 0.3 is 12.1 Å². The minimum Gasteiger partial charge on any atom is -0.319 e. The lowest BCUT2D eigenvalue weighted by atomic mass is 10.2. The highest BCUT2D eigenvalue weighted by molar-refractivity contribution is 7.92. The van der Waals surface area contributed by atoms with Crippen LogP contribution in [0.15, 0.2) is 109 Å². The van der Waals surface area contributed by atoms with E-state index < -0.39 is 27.9 Å². The van der Waals surface area contributed by atoms with Gasteiger partial charge in [0.2, 0.25) is 0 Å². The Morgan fingerprint density at radius 3 is 2.02 bits per heavy atom. The molecule has 4 aromatic carbocycles. The molecule has 5 rings (SSSR count). The van der Waals surface area contributed by atoms with Gasteiger partial charge in [-0.25, -0.2) is 18.2 Å². The molecule has 0 N–H and O–H groups in total. The molecule has 0 saturated carbocycles. The molecule has 0 saturated heterocycles. The minimum absolute atomic E-state index is 0.00480. The summed E-state index contributed by atoms with van der Waals surface area (Å²) in [5, 5.41) is 0.